The van der Waals surface area contributed by atoms with Gasteiger partial charge >= 0.3 is 5.97 Å². The highest BCUT2D eigenvalue weighted by molar-refractivity contribution is 5.96. The number of hydrogen-bond donors (Lipinski definition) is 1. The predicted molar refractivity (Wildman–Crippen MR) is 99.6 cm³/mol. The number of ether oxygens (including phenoxy) is 1. The standard InChI is InChI=1S/C21H22N2O4/c1-14(24)22-18-19(16-11-7-4-8-12-16)23(20(18)25)17(21(26)27-2)13-15-9-5-3-6-10-15/h3-12,17-19H,13H2,1-2H3,(H,22,24). The number of carbonyl (C=O) groups excluding carboxylic acids is 3. The van der Waals surface area contributed by atoms with Crippen LogP contribution in [0.3, 0.4) is 0 Å². The summed E-state index contributed by atoms with van der Waals surface area (Å²) < 4.78 is 4.97. The van der Waals surface area contributed by atoms with E-state index in [-0.39, 0.29) is 11.8 Å². The minimum atomic E-state index is -0.764. The lowest BCUT2D eigenvalue weighted by Crippen LogP contribution is -2.69. The number of benzene rings is 2. The van der Waals surface area contributed by atoms with Gasteiger partial charge in [-0.3, -0.25) is 9.59 Å². The largest absolute Gasteiger partial charge is 0.467 e. The first-order valence-electron chi connectivity index (χ1n) is 8.79. The monoisotopic (exact) mass is 366 g/mol. The normalized spacial score (nSPS) is 19.8. The molecule has 140 valence electrons. The van der Waals surface area contributed by atoms with Crippen LogP contribution in [-0.4, -0.2) is 41.9 Å². The number of nitrogens with zero attached hydrogens (tertiary/aromatic N) is 1. The Morgan fingerprint density at radius 2 is 1.67 bits per heavy atom. The molecule has 2 aromatic carbocycles. The minimum Gasteiger partial charge on any atom is -0.467 e. The van der Waals surface area contributed by atoms with Crippen LogP contribution in [-0.2, 0) is 25.5 Å². The molecule has 0 bridgehead atoms. The maximum Gasteiger partial charge on any atom is 0.328 e. The molecule has 0 aliphatic carbocycles. The fraction of sp³-hybridized carbons (Fsp3) is 0.286. The van der Waals surface area contributed by atoms with E-state index in [2.05, 4.69) is 5.32 Å². The third kappa shape index (κ3) is 3.84. The van der Waals surface area contributed by atoms with Crippen molar-refractivity contribution in [2.75, 3.05) is 7.11 Å². The number of likely N-dealkylation sites (tertiary alicyclic amines) is 1. The maximum atomic E-state index is 12.8. The van der Waals surface area contributed by atoms with Crippen LogP contribution in [0.1, 0.15) is 24.1 Å². The average Bonchev–Trinajstić information content (AvgIpc) is 2.69. The molecule has 1 heterocycles. The van der Waals surface area contributed by atoms with Crippen molar-refractivity contribution < 1.29 is 19.1 Å². The predicted octanol–water partition coefficient (Wildman–Crippen LogP) is 1.86. The van der Waals surface area contributed by atoms with Crippen molar-refractivity contribution in [3.63, 3.8) is 0 Å². The zero-order chi connectivity index (χ0) is 19.4. The second-order valence-electron chi connectivity index (χ2n) is 6.51. The molecule has 0 aromatic heterocycles. The molecule has 27 heavy (non-hydrogen) atoms. The Morgan fingerprint density at radius 1 is 1.07 bits per heavy atom. The fourth-order valence-electron chi connectivity index (χ4n) is 3.49. The number of carbonyl (C=O) groups is 3. The van der Waals surface area contributed by atoms with Crippen molar-refractivity contribution in [3.8, 4) is 0 Å². The number of β-lactam (4-membered cyclic amide) rings is 1. The molecule has 1 N–H and O–H groups in total. The van der Waals surface area contributed by atoms with Crippen molar-refractivity contribution >= 4 is 17.8 Å². The van der Waals surface area contributed by atoms with Crippen LogP contribution in [0, 0.1) is 0 Å². The van der Waals surface area contributed by atoms with Crippen LogP contribution in [0.2, 0.25) is 0 Å². The number of nitrogens with one attached hydrogen (secondary N) is 1. The topological polar surface area (TPSA) is 75.7 Å². The Hall–Kier alpha value is -3.15. The molecule has 1 saturated heterocycles. The van der Waals surface area contributed by atoms with E-state index in [1.165, 1.54) is 18.9 Å². The molecule has 2 aromatic rings. The number of rotatable bonds is 6. The molecule has 3 atom stereocenters. The molecule has 3 rings (SSSR count). The highest BCUT2D eigenvalue weighted by Gasteiger charge is 2.53. The number of esters is 1. The van der Waals surface area contributed by atoms with Crippen molar-refractivity contribution in [2.24, 2.45) is 0 Å². The Morgan fingerprint density at radius 3 is 2.22 bits per heavy atom. The van der Waals surface area contributed by atoms with E-state index in [0.717, 1.165) is 11.1 Å². The van der Waals surface area contributed by atoms with E-state index in [0.29, 0.717) is 6.42 Å². The third-order valence-electron chi connectivity index (χ3n) is 4.72. The average molecular weight is 366 g/mol. The smallest absolute Gasteiger partial charge is 0.328 e. The van der Waals surface area contributed by atoms with Gasteiger partial charge in [0.1, 0.15) is 12.1 Å². The van der Waals surface area contributed by atoms with E-state index < -0.39 is 24.1 Å². The lowest BCUT2D eigenvalue weighted by atomic mass is 9.85. The van der Waals surface area contributed by atoms with Crippen molar-refractivity contribution in [3.05, 3.63) is 71.8 Å². The molecular weight excluding hydrogens is 344 g/mol. The van der Waals surface area contributed by atoms with Gasteiger partial charge in [0.25, 0.3) is 0 Å². The van der Waals surface area contributed by atoms with Crippen molar-refractivity contribution in [2.45, 2.75) is 31.5 Å². The Labute approximate surface area is 158 Å². The number of hydrogen-bond acceptors (Lipinski definition) is 4. The lowest BCUT2D eigenvalue weighted by Gasteiger charge is -2.50. The number of methoxy groups -OCH3 is 1. The molecule has 1 aliphatic rings. The Bertz CT molecular complexity index is 823. The van der Waals surface area contributed by atoms with Gasteiger partial charge in [-0.2, -0.15) is 0 Å². The van der Waals surface area contributed by atoms with E-state index in [1.54, 1.807) is 0 Å². The van der Waals surface area contributed by atoms with Crippen LogP contribution < -0.4 is 5.32 Å². The first-order chi connectivity index (χ1) is 13.0. The van der Waals surface area contributed by atoms with Gasteiger partial charge in [0.2, 0.25) is 11.8 Å². The quantitative estimate of drug-likeness (QED) is 0.625. The van der Waals surface area contributed by atoms with Crippen molar-refractivity contribution in [1.29, 1.82) is 0 Å². The summed E-state index contributed by atoms with van der Waals surface area (Å²) in [6.07, 6.45) is 0.343. The first kappa shape index (κ1) is 18.6. The van der Waals surface area contributed by atoms with Crippen LogP contribution in [0.5, 0.6) is 0 Å². The van der Waals surface area contributed by atoms with Crippen molar-refractivity contribution in [1.82, 2.24) is 10.2 Å². The summed E-state index contributed by atoms with van der Waals surface area (Å²) in [5, 5.41) is 2.70. The summed E-state index contributed by atoms with van der Waals surface area (Å²) in [6, 6.07) is 17.0. The van der Waals surface area contributed by atoms with Gasteiger partial charge in [0, 0.05) is 13.3 Å². The lowest BCUT2D eigenvalue weighted by molar-refractivity contribution is -0.168. The number of amides is 2. The summed E-state index contributed by atoms with van der Waals surface area (Å²) in [6.45, 7) is 1.37. The van der Waals surface area contributed by atoms with Crippen LogP contribution in [0.15, 0.2) is 60.7 Å². The molecule has 2 amide bonds. The van der Waals surface area contributed by atoms with Crippen LogP contribution in [0.4, 0.5) is 0 Å². The summed E-state index contributed by atoms with van der Waals surface area (Å²) >= 11 is 0. The van der Waals surface area contributed by atoms with Gasteiger partial charge in [-0.25, -0.2) is 4.79 Å². The van der Waals surface area contributed by atoms with Crippen LogP contribution >= 0.6 is 0 Å². The third-order valence-corrected chi connectivity index (χ3v) is 4.72. The zero-order valence-corrected chi connectivity index (χ0v) is 15.3. The summed E-state index contributed by atoms with van der Waals surface area (Å²) in [4.78, 5) is 38.4. The highest BCUT2D eigenvalue weighted by Crippen LogP contribution is 2.38. The van der Waals surface area contributed by atoms with Crippen LogP contribution in [0.25, 0.3) is 0 Å². The zero-order valence-electron chi connectivity index (χ0n) is 15.3. The van der Waals surface area contributed by atoms with Gasteiger partial charge < -0.3 is 15.0 Å². The van der Waals surface area contributed by atoms with E-state index in [9.17, 15) is 14.4 Å². The molecule has 0 saturated carbocycles. The van der Waals surface area contributed by atoms with E-state index in [4.69, 9.17) is 4.74 Å². The summed E-state index contributed by atoms with van der Waals surface area (Å²) in [5.74, 6) is -1.05. The maximum absolute atomic E-state index is 12.8. The van der Waals surface area contributed by atoms with E-state index in [1.807, 2.05) is 60.7 Å². The highest BCUT2D eigenvalue weighted by atomic mass is 16.5. The van der Waals surface area contributed by atoms with Gasteiger partial charge in [-0.15, -0.1) is 0 Å². The van der Waals surface area contributed by atoms with Gasteiger partial charge in [0.15, 0.2) is 0 Å². The van der Waals surface area contributed by atoms with Gasteiger partial charge in [-0.1, -0.05) is 60.7 Å². The fourth-order valence-corrected chi connectivity index (χ4v) is 3.49. The summed E-state index contributed by atoms with van der Waals surface area (Å²) in [5.41, 5.74) is 1.79. The van der Waals surface area contributed by atoms with Gasteiger partial charge in [-0.05, 0) is 11.1 Å². The molecule has 0 spiro atoms. The molecule has 6 nitrogen and oxygen atoms in total. The van der Waals surface area contributed by atoms with E-state index >= 15 is 0 Å². The molecule has 0 radical (unpaired) electrons. The molecular formula is C21H22N2O4. The molecule has 1 aliphatic heterocycles. The van der Waals surface area contributed by atoms with Gasteiger partial charge in [0.05, 0.1) is 13.2 Å². The Kier molecular flexibility index (Phi) is 5.54. The Balaban J connectivity index is 1.94. The summed E-state index contributed by atoms with van der Waals surface area (Å²) in [7, 11) is 1.31. The minimum absolute atomic E-state index is 0.286. The first-order valence-corrected chi connectivity index (χ1v) is 8.79. The molecule has 1 fully saturated rings. The second-order valence-corrected chi connectivity index (χ2v) is 6.51. The SMILES string of the molecule is COC(=O)C(Cc1ccccc1)N1C(=O)C(NC(C)=O)C1c1ccccc1. The molecule has 6 heteroatoms. The second kappa shape index (κ2) is 8.03. The molecule has 3 unspecified atom stereocenters.